The lowest BCUT2D eigenvalue weighted by Crippen LogP contribution is -2.43. The van der Waals surface area contributed by atoms with Crippen LogP contribution in [0.3, 0.4) is 0 Å². The molecule has 3 atom stereocenters. The maximum atomic E-state index is 6.11. The van der Waals surface area contributed by atoms with Crippen molar-refractivity contribution in [1.82, 2.24) is 4.90 Å². The number of hydrogen-bond donors (Lipinski definition) is 1. The van der Waals surface area contributed by atoms with E-state index in [2.05, 4.69) is 24.8 Å². The molecule has 1 aromatic rings. The third-order valence-corrected chi connectivity index (χ3v) is 4.95. The van der Waals surface area contributed by atoms with Gasteiger partial charge >= 0.3 is 0 Å². The molecule has 0 spiro atoms. The molecule has 1 aromatic carbocycles. The van der Waals surface area contributed by atoms with E-state index in [1.165, 1.54) is 18.4 Å². The van der Waals surface area contributed by atoms with E-state index < -0.39 is 0 Å². The van der Waals surface area contributed by atoms with Crippen molar-refractivity contribution in [3.05, 3.63) is 33.8 Å². The topological polar surface area (TPSA) is 29.3 Å². The van der Waals surface area contributed by atoms with Gasteiger partial charge in [-0.15, -0.1) is 0 Å². The third kappa shape index (κ3) is 3.63. The lowest BCUT2D eigenvalue weighted by Gasteiger charge is -2.38. The minimum atomic E-state index is 0.267. The van der Waals surface area contributed by atoms with Gasteiger partial charge in [-0.25, -0.2) is 0 Å². The van der Waals surface area contributed by atoms with Crippen molar-refractivity contribution in [3.8, 4) is 0 Å². The molecule has 19 heavy (non-hydrogen) atoms. The molecule has 2 rings (SSSR count). The molecule has 1 heterocycles. The van der Waals surface area contributed by atoms with E-state index >= 15 is 0 Å². The Morgan fingerprint density at radius 1 is 1.26 bits per heavy atom. The van der Waals surface area contributed by atoms with Gasteiger partial charge in [-0.05, 0) is 56.8 Å². The molecule has 1 saturated heterocycles. The predicted octanol–water partition coefficient (Wildman–Crippen LogP) is 4.11. The highest BCUT2D eigenvalue weighted by Crippen LogP contribution is 2.31. The first-order chi connectivity index (χ1) is 8.99. The maximum Gasteiger partial charge on any atom is 0.0595 e. The Labute approximate surface area is 125 Å². The molecule has 2 nitrogen and oxygen atoms in total. The molecule has 0 aliphatic carbocycles. The smallest absolute Gasteiger partial charge is 0.0595 e. The fraction of sp³-hybridized carbons (Fsp3) is 0.600. The zero-order chi connectivity index (χ0) is 14.0. The van der Waals surface area contributed by atoms with Crippen molar-refractivity contribution in [1.29, 1.82) is 0 Å². The number of likely N-dealkylation sites (tertiary alicyclic amines) is 1. The van der Waals surface area contributed by atoms with Gasteiger partial charge in [0.1, 0.15) is 0 Å². The fourth-order valence-corrected chi connectivity index (χ4v) is 3.11. The largest absolute Gasteiger partial charge is 0.328 e. The van der Waals surface area contributed by atoms with Crippen LogP contribution in [0.2, 0.25) is 10.0 Å². The molecule has 0 amide bonds. The number of halogens is 2. The van der Waals surface area contributed by atoms with E-state index in [0.717, 1.165) is 13.1 Å². The zero-order valence-electron chi connectivity index (χ0n) is 11.6. The highest BCUT2D eigenvalue weighted by molar-refractivity contribution is 6.42. The van der Waals surface area contributed by atoms with E-state index in [0.29, 0.717) is 22.0 Å². The fourth-order valence-electron chi connectivity index (χ4n) is 2.80. The number of benzene rings is 1. The second-order valence-electron chi connectivity index (χ2n) is 5.61. The Kier molecular flexibility index (Phi) is 5.13. The van der Waals surface area contributed by atoms with Gasteiger partial charge < -0.3 is 5.73 Å². The highest BCUT2D eigenvalue weighted by atomic mass is 35.5. The first-order valence-electron chi connectivity index (χ1n) is 6.93. The van der Waals surface area contributed by atoms with Crippen molar-refractivity contribution >= 4 is 23.2 Å². The monoisotopic (exact) mass is 300 g/mol. The van der Waals surface area contributed by atoms with E-state index in [1.54, 1.807) is 0 Å². The summed E-state index contributed by atoms with van der Waals surface area (Å²) < 4.78 is 0. The van der Waals surface area contributed by atoms with Crippen LogP contribution in [0.5, 0.6) is 0 Å². The first-order valence-corrected chi connectivity index (χ1v) is 7.69. The van der Waals surface area contributed by atoms with Crippen LogP contribution in [0, 0.1) is 5.92 Å². The molecule has 1 fully saturated rings. The lowest BCUT2D eigenvalue weighted by atomic mass is 9.90. The van der Waals surface area contributed by atoms with Crippen molar-refractivity contribution < 1.29 is 0 Å². The molecule has 106 valence electrons. The molecule has 2 N–H and O–H groups in total. The number of hydrogen-bond acceptors (Lipinski definition) is 2. The summed E-state index contributed by atoms with van der Waals surface area (Å²) >= 11 is 12.1. The Balaban J connectivity index is 2.10. The molecule has 3 unspecified atom stereocenters. The average Bonchev–Trinajstić information content (AvgIpc) is 2.41. The summed E-state index contributed by atoms with van der Waals surface area (Å²) in [6.07, 6.45) is 2.46. The molecule has 0 saturated carbocycles. The SMILES string of the molecule is CC(N)C1CCCN(C(C)c2ccc(Cl)c(Cl)c2)C1. The van der Waals surface area contributed by atoms with Crippen LogP contribution in [0.1, 0.15) is 38.3 Å². The number of nitrogens with zero attached hydrogens (tertiary/aromatic N) is 1. The van der Waals surface area contributed by atoms with Gasteiger partial charge in [0.05, 0.1) is 10.0 Å². The molecule has 4 heteroatoms. The molecule has 1 aliphatic heterocycles. The molecule has 0 bridgehead atoms. The molecule has 0 radical (unpaired) electrons. The molecule has 1 aliphatic rings. The van der Waals surface area contributed by atoms with Gasteiger partial charge in [-0.1, -0.05) is 29.3 Å². The van der Waals surface area contributed by atoms with E-state index in [4.69, 9.17) is 28.9 Å². The van der Waals surface area contributed by atoms with Crippen molar-refractivity contribution in [2.45, 2.75) is 38.8 Å². The summed E-state index contributed by atoms with van der Waals surface area (Å²) in [5.74, 6) is 0.596. The second kappa shape index (κ2) is 6.45. The van der Waals surface area contributed by atoms with Crippen LogP contribution < -0.4 is 5.73 Å². The van der Waals surface area contributed by atoms with Gasteiger partial charge in [0.2, 0.25) is 0 Å². The second-order valence-corrected chi connectivity index (χ2v) is 6.42. The maximum absolute atomic E-state index is 6.11. The zero-order valence-corrected chi connectivity index (χ0v) is 13.1. The molecule has 0 aromatic heterocycles. The average molecular weight is 301 g/mol. The minimum absolute atomic E-state index is 0.267. The van der Waals surface area contributed by atoms with Crippen LogP contribution in [0.15, 0.2) is 18.2 Å². The summed E-state index contributed by atoms with van der Waals surface area (Å²) in [6, 6.07) is 6.54. The van der Waals surface area contributed by atoms with Gasteiger partial charge in [0, 0.05) is 18.6 Å². The number of piperidine rings is 1. The summed E-state index contributed by atoms with van der Waals surface area (Å²) in [7, 11) is 0. The van der Waals surface area contributed by atoms with E-state index in [9.17, 15) is 0 Å². The van der Waals surface area contributed by atoms with E-state index in [1.807, 2.05) is 12.1 Å². The number of rotatable bonds is 3. The van der Waals surface area contributed by atoms with Gasteiger partial charge in [0.15, 0.2) is 0 Å². The summed E-state index contributed by atoms with van der Waals surface area (Å²) in [5, 5.41) is 1.25. The standard InChI is InChI=1S/C15H22Cl2N2/c1-10(18)13-4-3-7-19(9-13)11(2)12-5-6-14(16)15(17)8-12/h5-6,8,10-11,13H,3-4,7,9,18H2,1-2H3. The van der Waals surface area contributed by atoms with Crippen LogP contribution in [-0.4, -0.2) is 24.0 Å². The Bertz CT molecular complexity index is 434. The van der Waals surface area contributed by atoms with Crippen LogP contribution in [-0.2, 0) is 0 Å². The quantitative estimate of drug-likeness (QED) is 0.910. The van der Waals surface area contributed by atoms with Crippen LogP contribution >= 0.6 is 23.2 Å². The van der Waals surface area contributed by atoms with E-state index in [-0.39, 0.29) is 6.04 Å². The van der Waals surface area contributed by atoms with Crippen molar-refractivity contribution in [3.63, 3.8) is 0 Å². The normalized spacial score (nSPS) is 24.2. The summed E-state index contributed by atoms with van der Waals surface area (Å²) in [4.78, 5) is 2.50. The molecular weight excluding hydrogens is 279 g/mol. The lowest BCUT2D eigenvalue weighted by molar-refractivity contribution is 0.121. The number of nitrogens with two attached hydrogens (primary N) is 1. The third-order valence-electron chi connectivity index (χ3n) is 4.21. The summed E-state index contributed by atoms with van der Waals surface area (Å²) in [5.41, 5.74) is 7.27. The highest BCUT2D eigenvalue weighted by Gasteiger charge is 2.26. The van der Waals surface area contributed by atoms with Gasteiger partial charge in [-0.3, -0.25) is 4.90 Å². The molecular formula is C15H22Cl2N2. The van der Waals surface area contributed by atoms with Crippen molar-refractivity contribution in [2.75, 3.05) is 13.1 Å². The van der Waals surface area contributed by atoms with Crippen molar-refractivity contribution in [2.24, 2.45) is 11.7 Å². The Hall–Kier alpha value is -0.280. The minimum Gasteiger partial charge on any atom is -0.328 e. The van der Waals surface area contributed by atoms with Crippen LogP contribution in [0.4, 0.5) is 0 Å². The van der Waals surface area contributed by atoms with Gasteiger partial charge in [-0.2, -0.15) is 0 Å². The Morgan fingerprint density at radius 3 is 2.63 bits per heavy atom. The summed E-state index contributed by atoms with van der Waals surface area (Å²) in [6.45, 7) is 6.53. The van der Waals surface area contributed by atoms with Gasteiger partial charge in [0.25, 0.3) is 0 Å². The van der Waals surface area contributed by atoms with Crippen LogP contribution in [0.25, 0.3) is 0 Å². The Morgan fingerprint density at radius 2 is 2.00 bits per heavy atom. The first kappa shape index (κ1) is 15.1. The predicted molar refractivity (Wildman–Crippen MR) is 82.8 cm³/mol.